The minimum Gasteiger partial charge on any atom is -0.233 e. The molecule has 1 fully saturated rings. The third-order valence-electron chi connectivity index (χ3n) is 3.69. The Morgan fingerprint density at radius 2 is 1.68 bits per heavy atom. The summed E-state index contributed by atoms with van der Waals surface area (Å²) < 4.78 is 26.6. The molecule has 1 aromatic carbocycles. The van der Waals surface area contributed by atoms with E-state index in [0.29, 0.717) is 17.4 Å². The number of nitrogens with one attached hydrogen (secondary N) is 1. The number of sulfonamides is 1. The molecule has 1 aliphatic rings. The Kier molecular flexibility index (Phi) is 4.96. The lowest BCUT2D eigenvalue weighted by Gasteiger charge is -2.24. The summed E-state index contributed by atoms with van der Waals surface area (Å²) in [7, 11) is -3.38. The van der Waals surface area contributed by atoms with Gasteiger partial charge < -0.3 is 0 Å². The van der Waals surface area contributed by atoms with E-state index in [2.05, 4.69) is 4.72 Å². The van der Waals surface area contributed by atoms with Crippen molar-refractivity contribution < 1.29 is 13.5 Å². The summed E-state index contributed by atoms with van der Waals surface area (Å²) in [6.45, 7) is 0.450. The summed E-state index contributed by atoms with van der Waals surface area (Å²) in [4.78, 5) is 0.304. The molecule has 0 bridgehead atoms. The predicted molar refractivity (Wildman–Crippen MR) is 72.7 cm³/mol. The van der Waals surface area contributed by atoms with Gasteiger partial charge in [0.25, 0.3) is 0 Å². The molecule has 0 unspecified atom stereocenters. The Morgan fingerprint density at radius 1 is 1.05 bits per heavy atom. The first-order chi connectivity index (χ1) is 9.08. The molecule has 0 amide bonds. The smallest absolute Gasteiger partial charge is 0.233 e. The third-order valence-corrected chi connectivity index (χ3v) is 5.17. The van der Waals surface area contributed by atoms with Crippen LogP contribution < -0.4 is 4.72 Å². The number of benzene rings is 1. The van der Waals surface area contributed by atoms with Gasteiger partial charge in [0, 0.05) is 6.54 Å². The molecule has 0 aliphatic heterocycles. The van der Waals surface area contributed by atoms with Crippen LogP contribution in [0.15, 0.2) is 35.2 Å². The van der Waals surface area contributed by atoms with Crippen LogP contribution >= 0.6 is 0 Å². The molecule has 0 aromatic heterocycles. The summed E-state index contributed by atoms with van der Waals surface area (Å²) in [5.41, 5.74) is 0. The van der Waals surface area contributed by atoms with E-state index in [1.54, 1.807) is 30.3 Å². The lowest BCUT2D eigenvalue weighted by molar-refractivity contribution is 0.0415. The maximum atomic E-state index is 12.0. The quantitative estimate of drug-likeness (QED) is 0.900. The van der Waals surface area contributed by atoms with Crippen LogP contribution in [-0.2, 0) is 15.1 Å². The van der Waals surface area contributed by atoms with Crippen LogP contribution in [0.5, 0.6) is 0 Å². The average molecular weight is 282 g/mol. The third kappa shape index (κ3) is 4.30. The van der Waals surface area contributed by atoms with E-state index in [1.165, 1.54) is 0 Å². The fourth-order valence-corrected chi connectivity index (χ4v) is 3.57. The molecule has 1 radical (unpaired) electrons. The monoisotopic (exact) mass is 282 g/mol. The fourth-order valence-electron chi connectivity index (χ4n) is 2.50. The molecular weight excluding hydrogens is 262 g/mol. The van der Waals surface area contributed by atoms with E-state index in [1.807, 2.05) is 0 Å². The van der Waals surface area contributed by atoms with Gasteiger partial charge in [0.1, 0.15) is 0 Å². The Labute approximate surface area is 114 Å². The highest BCUT2D eigenvalue weighted by molar-refractivity contribution is 7.89. The van der Waals surface area contributed by atoms with Crippen LogP contribution in [0.3, 0.4) is 0 Å². The maximum absolute atomic E-state index is 12.0. The topological polar surface area (TPSA) is 66.1 Å². The highest BCUT2D eigenvalue weighted by atomic mass is 32.2. The van der Waals surface area contributed by atoms with Crippen molar-refractivity contribution in [1.82, 2.24) is 4.72 Å². The van der Waals surface area contributed by atoms with Crippen molar-refractivity contribution in [2.45, 2.75) is 43.1 Å². The second-order valence-electron chi connectivity index (χ2n) is 5.14. The van der Waals surface area contributed by atoms with Crippen LogP contribution in [0.2, 0.25) is 0 Å². The standard InChI is InChI=1S/C14H20NO3S/c16-13-8-6-12(7-9-13)10-11-15-19(17,18)14-4-2-1-3-5-14/h1-5,12-13,15H,6-11H2. The summed E-state index contributed by atoms with van der Waals surface area (Å²) in [5.74, 6) is 0.490. The first kappa shape index (κ1) is 14.5. The van der Waals surface area contributed by atoms with Gasteiger partial charge in [0.2, 0.25) is 10.0 Å². The zero-order valence-corrected chi connectivity index (χ0v) is 11.7. The van der Waals surface area contributed by atoms with Gasteiger partial charge in [-0.05, 0) is 50.2 Å². The summed E-state index contributed by atoms with van der Waals surface area (Å²) >= 11 is 0. The number of rotatable bonds is 5. The maximum Gasteiger partial charge on any atom is 0.240 e. The number of hydrogen-bond donors (Lipinski definition) is 1. The lowest BCUT2D eigenvalue weighted by Crippen LogP contribution is -2.27. The van der Waals surface area contributed by atoms with E-state index in [-0.39, 0.29) is 0 Å². The summed E-state index contributed by atoms with van der Waals surface area (Å²) in [6.07, 6.45) is 3.74. The first-order valence-corrected chi connectivity index (χ1v) is 8.27. The van der Waals surface area contributed by atoms with Gasteiger partial charge in [-0.15, -0.1) is 0 Å². The van der Waals surface area contributed by atoms with E-state index in [0.717, 1.165) is 32.1 Å². The van der Waals surface area contributed by atoms with Gasteiger partial charge in [-0.3, -0.25) is 0 Å². The fraction of sp³-hybridized carbons (Fsp3) is 0.571. The highest BCUT2D eigenvalue weighted by Crippen LogP contribution is 2.26. The predicted octanol–water partition coefficient (Wildman–Crippen LogP) is 2.34. The van der Waals surface area contributed by atoms with Crippen molar-refractivity contribution in [2.24, 2.45) is 5.92 Å². The van der Waals surface area contributed by atoms with Crippen LogP contribution in [-0.4, -0.2) is 21.1 Å². The van der Waals surface area contributed by atoms with Crippen molar-refractivity contribution in [1.29, 1.82) is 0 Å². The van der Waals surface area contributed by atoms with Gasteiger partial charge in [0.05, 0.1) is 11.0 Å². The second-order valence-corrected chi connectivity index (χ2v) is 6.91. The molecule has 5 heteroatoms. The van der Waals surface area contributed by atoms with E-state index in [4.69, 9.17) is 0 Å². The van der Waals surface area contributed by atoms with Crippen LogP contribution in [0.1, 0.15) is 32.1 Å². The van der Waals surface area contributed by atoms with Gasteiger partial charge in [-0.2, -0.15) is 0 Å². The van der Waals surface area contributed by atoms with E-state index < -0.39 is 16.1 Å². The Bertz CT molecular complexity index is 479. The minimum atomic E-state index is -3.38. The van der Waals surface area contributed by atoms with Crippen molar-refractivity contribution in [3.05, 3.63) is 30.3 Å². The molecule has 1 aromatic rings. The summed E-state index contributed by atoms with van der Waals surface area (Å²) in [6, 6.07) is 8.39. The first-order valence-electron chi connectivity index (χ1n) is 6.78. The second kappa shape index (κ2) is 6.50. The van der Waals surface area contributed by atoms with E-state index in [9.17, 15) is 13.5 Å². The zero-order chi connectivity index (χ0) is 13.7. The van der Waals surface area contributed by atoms with Gasteiger partial charge in [-0.1, -0.05) is 18.2 Å². The Morgan fingerprint density at radius 3 is 2.32 bits per heavy atom. The summed E-state index contributed by atoms with van der Waals surface area (Å²) in [5, 5.41) is 11.2. The molecule has 19 heavy (non-hydrogen) atoms. The van der Waals surface area contributed by atoms with Gasteiger partial charge in [0.15, 0.2) is 0 Å². The molecule has 0 saturated heterocycles. The van der Waals surface area contributed by atoms with Crippen molar-refractivity contribution >= 4 is 10.0 Å². The van der Waals surface area contributed by atoms with Crippen molar-refractivity contribution in [2.75, 3.05) is 6.54 Å². The lowest BCUT2D eigenvalue weighted by atomic mass is 9.85. The highest BCUT2D eigenvalue weighted by Gasteiger charge is 2.21. The molecular formula is C14H20NO3S. The molecule has 1 N–H and O–H groups in total. The molecule has 0 spiro atoms. The van der Waals surface area contributed by atoms with Crippen LogP contribution in [0, 0.1) is 5.92 Å². The van der Waals surface area contributed by atoms with Gasteiger partial charge in [-0.25, -0.2) is 18.2 Å². The average Bonchev–Trinajstić information content (AvgIpc) is 2.42. The normalized spacial score (nSPS) is 24.3. The van der Waals surface area contributed by atoms with Gasteiger partial charge >= 0.3 is 0 Å². The number of hydrogen-bond acceptors (Lipinski definition) is 2. The minimum absolute atomic E-state index is 0.304. The molecule has 1 saturated carbocycles. The molecule has 0 atom stereocenters. The van der Waals surface area contributed by atoms with Crippen molar-refractivity contribution in [3.8, 4) is 0 Å². The van der Waals surface area contributed by atoms with Crippen LogP contribution in [0.25, 0.3) is 0 Å². The molecule has 0 heterocycles. The molecule has 2 rings (SSSR count). The van der Waals surface area contributed by atoms with Crippen molar-refractivity contribution in [3.63, 3.8) is 0 Å². The SMILES string of the molecule is [O]C1CCC(CCNS(=O)(=O)c2ccccc2)CC1. The zero-order valence-electron chi connectivity index (χ0n) is 10.9. The van der Waals surface area contributed by atoms with E-state index >= 15 is 0 Å². The largest absolute Gasteiger partial charge is 0.240 e. The van der Waals surface area contributed by atoms with Crippen LogP contribution in [0.4, 0.5) is 0 Å². The Hall–Kier alpha value is -0.910. The molecule has 105 valence electrons. The molecule has 1 aliphatic carbocycles. The Balaban J connectivity index is 1.79. The molecule has 4 nitrogen and oxygen atoms in total.